The minimum atomic E-state index is -1.06. The van der Waals surface area contributed by atoms with Gasteiger partial charge in [0, 0.05) is 22.6 Å². The molecule has 1 unspecified atom stereocenters. The van der Waals surface area contributed by atoms with E-state index in [1.54, 1.807) is 32.9 Å². The third-order valence-electron chi connectivity index (χ3n) is 5.74. The van der Waals surface area contributed by atoms with Crippen molar-refractivity contribution in [3.05, 3.63) is 71.8 Å². The number of rotatable bonds is 5. The third kappa shape index (κ3) is 3.49. The summed E-state index contributed by atoms with van der Waals surface area (Å²) in [6.07, 6.45) is 0. The van der Waals surface area contributed by atoms with Gasteiger partial charge in [-0.15, -0.1) is 0 Å². The molecule has 2 heterocycles. The normalized spacial score (nSPS) is 14.5. The number of benzene rings is 2. The lowest BCUT2D eigenvalue weighted by molar-refractivity contribution is -0.147. The van der Waals surface area contributed by atoms with Gasteiger partial charge >= 0.3 is 5.97 Å². The monoisotopic (exact) mass is 429 g/mol. The molecule has 0 saturated carbocycles. The SMILES string of the molecule is CC(=N)N(N=N)c1ccc(-c2ccc3c(n2)Oc2ccccc2C3C(C)(C)C(=O)O)cc1. The molecule has 3 aromatic rings. The molecule has 0 radical (unpaired) electrons. The van der Waals surface area contributed by atoms with Crippen LogP contribution in [0.2, 0.25) is 0 Å². The van der Waals surface area contributed by atoms with E-state index in [1.165, 1.54) is 5.01 Å². The molecule has 1 aliphatic heterocycles. The Morgan fingerprint density at radius 2 is 1.78 bits per heavy atom. The van der Waals surface area contributed by atoms with Crippen LogP contribution in [-0.4, -0.2) is 21.9 Å². The number of fused-ring (bicyclic) bond motifs is 2. The number of nitrogens with zero attached hydrogens (tertiary/aromatic N) is 3. The molecule has 2 aromatic carbocycles. The van der Waals surface area contributed by atoms with Gasteiger partial charge in [-0.2, -0.15) is 5.53 Å². The minimum absolute atomic E-state index is 0.138. The molecular formula is C24H23N5O3. The largest absolute Gasteiger partial charge is 0.481 e. The lowest BCUT2D eigenvalue weighted by Gasteiger charge is -2.36. The predicted octanol–water partition coefficient (Wildman–Crippen LogP) is 5.85. The van der Waals surface area contributed by atoms with E-state index in [9.17, 15) is 9.90 Å². The summed E-state index contributed by atoms with van der Waals surface area (Å²) in [6, 6.07) is 18.4. The fraction of sp³-hybridized carbons (Fsp3) is 0.208. The highest BCUT2D eigenvalue weighted by Crippen LogP contribution is 2.51. The zero-order valence-electron chi connectivity index (χ0n) is 18.0. The van der Waals surface area contributed by atoms with Crippen molar-refractivity contribution < 1.29 is 14.6 Å². The zero-order chi connectivity index (χ0) is 23.0. The summed E-state index contributed by atoms with van der Waals surface area (Å²) in [4.78, 5) is 16.8. The maximum Gasteiger partial charge on any atom is 0.310 e. The summed E-state index contributed by atoms with van der Waals surface area (Å²) in [5.41, 5.74) is 9.83. The maximum atomic E-state index is 12.1. The maximum absolute atomic E-state index is 12.1. The van der Waals surface area contributed by atoms with Crippen LogP contribution in [-0.2, 0) is 4.79 Å². The molecule has 0 amide bonds. The molecule has 4 rings (SSSR count). The van der Waals surface area contributed by atoms with Crippen LogP contribution >= 0.6 is 0 Å². The average molecular weight is 429 g/mol. The van der Waals surface area contributed by atoms with Gasteiger partial charge in [-0.05, 0) is 45.0 Å². The Morgan fingerprint density at radius 3 is 2.41 bits per heavy atom. The first-order valence-corrected chi connectivity index (χ1v) is 10.1. The third-order valence-corrected chi connectivity index (χ3v) is 5.74. The number of para-hydroxylation sites is 1. The molecule has 8 nitrogen and oxygen atoms in total. The number of carbonyl (C=O) groups is 1. The number of hydrogen-bond acceptors (Lipinski definition) is 6. The van der Waals surface area contributed by atoms with E-state index in [4.69, 9.17) is 20.7 Å². The van der Waals surface area contributed by atoms with Gasteiger partial charge in [0.15, 0.2) is 0 Å². The predicted molar refractivity (Wildman–Crippen MR) is 120 cm³/mol. The quantitative estimate of drug-likeness (QED) is 0.203. The highest BCUT2D eigenvalue weighted by Gasteiger charge is 2.44. The number of pyridine rings is 1. The van der Waals surface area contributed by atoms with Crippen molar-refractivity contribution in [2.75, 3.05) is 5.01 Å². The molecule has 0 aliphatic carbocycles. The van der Waals surface area contributed by atoms with E-state index in [0.29, 0.717) is 23.0 Å². The van der Waals surface area contributed by atoms with E-state index >= 15 is 0 Å². The van der Waals surface area contributed by atoms with Gasteiger partial charge in [-0.1, -0.05) is 41.6 Å². The standard InChI is InChI=1S/C24H23N5O3/c1-14(25)29(28-26)16-10-8-15(9-11-16)19-13-12-18-21(24(2,3)23(30)31)17-6-4-5-7-20(17)32-22(18)27-19/h4-13,21,25-26H,1-3H3,(H,30,31). The number of carboxylic acid groups (broad SMARTS) is 1. The average Bonchev–Trinajstić information content (AvgIpc) is 2.77. The highest BCUT2D eigenvalue weighted by atomic mass is 16.5. The van der Waals surface area contributed by atoms with Crippen molar-refractivity contribution in [3.63, 3.8) is 0 Å². The van der Waals surface area contributed by atoms with Crippen molar-refractivity contribution in [2.24, 2.45) is 10.6 Å². The Bertz CT molecular complexity index is 1220. The number of amidine groups is 1. The summed E-state index contributed by atoms with van der Waals surface area (Å²) >= 11 is 0. The second kappa shape index (κ2) is 7.88. The van der Waals surface area contributed by atoms with Crippen LogP contribution in [0, 0.1) is 16.4 Å². The Balaban J connectivity index is 1.76. The lowest BCUT2D eigenvalue weighted by atomic mass is 9.70. The van der Waals surface area contributed by atoms with Gasteiger partial charge in [-0.25, -0.2) is 9.99 Å². The molecule has 1 atom stereocenters. The Hall–Kier alpha value is -4.07. The summed E-state index contributed by atoms with van der Waals surface area (Å²) in [7, 11) is 0. The summed E-state index contributed by atoms with van der Waals surface area (Å²) in [6.45, 7) is 4.99. The first kappa shape index (κ1) is 21.2. The molecule has 3 N–H and O–H groups in total. The molecule has 1 aliphatic rings. The molecule has 1 aromatic heterocycles. The van der Waals surface area contributed by atoms with Gasteiger partial charge in [-0.3, -0.25) is 10.2 Å². The highest BCUT2D eigenvalue weighted by molar-refractivity contribution is 5.93. The summed E-state index contributed by atoms with van der Waals surface area (Å²) in [5.74, 6) is -0.169. The van der Waals surface area contributed by atoms with Gasteiger partial charge in [0.25, 0.3) is 0 Å². The van der Waals surface area contributed by atoms with Crippen molar-refractivity contribution in [1.82, 2.24) is 4.98 Å². The number of hydrogen-bond donors (Lipinski definition) is 3. The molecular weight excluding hydrogens is 406 g/mol. The fourth-order valence-electron chi connectivity index (χ4n) is 4.00. The van der Waals surface area contributed by atoms with Crippen molar-refractivity contribution in [1.29, 1.82) is 10.9 Å². The van der Waals surface area contributed by atoms with E-state index in [1.807, 2.05) is 48.5 Å². The molecule has 0 bridgehead atoms. The van der Waals surface area contributed by atoms with Crippen LogP contribution in [0.4, 0.5) is 5.69 Å². The van der Waals surface area contributed by atoms with Crippen LogP contribution in [0.15, 0.2) is 65.9 Å². The van der Waals surface area contributed by atoms with Gasteiger partial charge in [0.1, 0.15) is 11.6 Å². The van der Waals surface area contributed by atoms with E-state index in [-0.39, 0.29) is 5.84 Å². The summed E-state index contributed by atoms with van der Waals surface area (Å²) < 4.78 is 6.08. The Kier molecular flexibility index (Phi) is 5.22. The zero-order valence-corrected chi connectivity index (χ0v) is 18.0. The van der Waals surface area contributed by atoms with Crippen molar-refractivity contribution in [2.45, 2.75) is 26.7 Å². The lowest BCUT2D eigenvalue weighted by Crippen LogP contribution is -2.33. The fourth-order valence-corrected chi connectivity index (χ4v) is 4.00. The Labute approximate surface area is 185 Å². The van der Waals surface area contributed by atoms with Crippen molar-refractivity contribution in [3.8, 4) is 22.9 Å². The van der Waals surface area contributed by atoms with E-state index < -0.39 is 17.3 Å². The molecule has 162 valence electrons. The molecule has 0 saturated heterocycles. The number of nitrogens with one attached hydrogen (secondary N) is 2. The number of anilines is 1. The number of carboxylic acids is 1. The number of aliphatic carboxylic acids is 1. The minimum Gasteiger partial charge on any atom is -0.481 e. The topological polar surface area (TPSA) is 123 Å². The molecule has 8 heteroatoms. The Morgan fingerprint density at radius 1 is 1.09 bits per heavy atom. The van der Waals surface area contributed by atoms with Crippen LogP contribution in [0.1, 0.15) is 37.8 Å². The summed E-state index contributed by atoms with van der Waals surface area (Å²) in [5, 5.41) is 22.2. The first-order valence-electron chi connectivity index (χ1n) is 10.1. The van der Waals surface area contributed by atoms with Gasteiger partial charge in [0.2, 0.25) is 5.88 Å². The van der Waals surface area contributed by atoms with Gasteiger partial charge < -0.3 is 9.84 Å². The smallest absolute Gasteiger partial charge is 0.310 e. The van der Waals surface area contributed by atoms with Crippen LogP contribution in [0.3, 0.4) is 0 Å². The van der Waals surface area contributed by atoms with Gasteiger partial charge in [0.05, 0.1) is 16.8 Å². The van der Waals surface area contributed by atoms with Crippen LogP contribution in [0.5, 0.6) is 11.6 Å². The second-order valence-electron chi connectivity index (χ2n) is 8.23. The first-order chi connectivity index (χ1) is 15.2. The number of aromatic nitrogens is 1. The number of ether oxygens (including phenoxy) is 1. The van der Waals surface area contributed by atoms with Crippen LogP contribution < -0.4 is 9.75 Å². The second-order valence-corrected chi connectivity index (χ2v) is 8.23. The van der Waals surface area contributed by atoms with Crippen LogP contribution in [0.25, 0.3) is 11.3 Å². The van der Waals surface area contributed by atoms with E-state index in [2.05, 4.69) is 5.22 Å². The van der Waals surface area contributed by atoms with Crippen molar-refractivity contribution >= 4 is 17.5 Å². The van der Waals surface area contributed by atoms with E-state index in [0.717, 1.165) is 16.7 Å². The molecule has 0 fully saturated rings. The molecule has 32 heavy (non-hydrogen) atoms. The molecule has 0 spiro atoms.